The molecule has 0 saturated heterocycles. The molecular weight excluding hydrogens is 464 g/mol. The van der Waals surface area contributed by atoms with Crippen molar-refractivity contribution >= 4 is 10.8 Å². The number of benzene rings is 5. The Kier molecular flexibility index (Phi) is 5.94. The third-order valence-electron chi connectivity index (χ3n) is 7.72. The van der Waals surface area contributed by atoms with Crippen LogP contribution in [0.15, 0.2) is 140 Å². The number of rotatable bonds is 6. The van der Waals surface area contributed by atoms with E-state index in [2.05, 4.69) is 102 Å². The maximum Gasteiger partial charge on any atom is 0.131 e. The van der Waals surface area contributed by atoms with Gasteiger partial charge in [0.05, 0.1) is 12.0 Å². The van der Waals surface area contributed by atoms with Gasteiger partial charge < -0.3 is 9.67 Å². The van der Waals surface area contributed by atoms with Gasteiger partial charge in [0.25, 0.3) is 0 Å². The smallest absolute Gasteiger partial charge is 0.131 e. The monoisotopic (exact) mass is 494 g/mol. The Labute approximate surface area is 223 Å². The highest BCUT2D eigenvalue weighted by Gasteiger charge is 2.42. The van der Waals surface area contributed by atoms with Crippen LogP contribution in [0, 0.1) is 6.92 Å². The van der Waals surface area contributed by atoms with E-state index in [0.717, 1.165) is 38.7 Å². The van der Waals surface area contributed by atoms with Crippen molar-refractivity contribution in [2.75, 3.05) is 0 Å². The second-order valence-electron chi connectivity index (χ2n) is 9.96. The van der Waals surface area contributed by atoms with Crippen LogP contribution >= 0.6 is 0 Å². The Morgan fingerprint density at radius 2 is 1.08 bits per heavy atom. The van der Waals surface area contributed by atoms with Crippen LogP contribution < -0.4 is 0 Å². The molecule has 186 valence electrons. The molecule has 0 spiro atoms. The Balaban J connectivity index is 1.65. The minimum atomic E-state index is -1.30. The van der Waals surface area contributed by atoms with Gasteiger partial charge in [-0.1, -0.05) is 133 Å². The topological polar surface area (TPSA) is 38.1 Å². The van der Waals surface area contributed by atoms with E-state index in [1.807, 2.05) is 55.7 Å². The molecule has 0 fully saturated rings. The van der Waals surface area contributed by atoms with Gasteiger partial charge in [0.1, 0.15) is 11.1 Å². The van der Waals surface area contributed by atoms with Gasteiger partial charge in [-0.3, -0.25) is 0 Å². The Hall–Kier alpha value is -4.47. The first-order chi connectivity index (χ1) is 18.5. The summed E-state index contributed by atoms with van der Waals surface area (Å²) in [7, 11) is 0. The van der Waals surface area contributed by atoms with Crippen molar-refractivity contribution in [2.45, 2.75) is 25.0 Å². The van der Waals surface area contributed by atoms with Crippen LogP contribution in [-0.2, 0) is 11.1 Å². The van der Waals surface area contributed by atoms with Crippen molar-refractivity contribution in [3.63, 3.8) is 0 Å². The van der Waals surface area contributed by atoms with Gasteiger partial charge in [-0.25, -0.2) is 4.98 Å². The molecule has 6 rings (SSSR count). The van der Waals surface area contributed by atoms with Gasteiger partial charge in [-0.15, -0.1) is 0 Å². The summed E-state index contributed by atoms with van der Waals surface area (Å²) in [4.78, 5) is 4.93. The predicted molar refractivity (Wildman–Crippen MR) is 154 cm³/mol. The average Bonchev–Trinajstić information content (AvgIpc) is 3.37. The Bertz CT molecular complexity index is 1580. The lowest BCUT2D eigenvalue weighted by Crippen LogP contribution is -2.38. The normalized spacial score (nSPS) is 13.3. The number of fused-ring (bicyclic) bond motifs is 1. The molecule has 38 heavy (non-hydrogen) atoms. The van der Waals surface area contributed by atoms with E-state index in [9.17, 15) is 5.11 Å². The van der Waals surface area contributed by atoms with Crippen molar-refractivity contribution in [1.82, 2.24) is 9.55 Å². The minimum absolute atomic E-state index is 0.640. The van der Waals surface area contributed by atoms with Crippen molar-refractivity contribution in [1.29, 1.82) is 0 Å². The molecule has 3 heteroatoms. The molecule has 0 aliphatic rings. The van der Waals surface area contributed by atoms with Crippen LogP contribution in [0.2, 0.25) is 0 Å². The third-order valence-corrected chi connectivity index (χ3v) is 7.72. The molecule has 3 nitrogen and oxygen atoms in total. The summed E-state index contributed by atoms with van der Waals surface area (Å²) in [5.41, 5.74) is 3.76. The summed E-state index contributed by atoms with van der Waals surface area (Å²) in [5, 5.41) is 14.3. The molecule has 6 aromatic rings. The Morgan fingerprint density at radius 1 is 0.605 bits per heavy atom. The van der Waals surface area contributed by atoms with Gasteiger partial charge in [0.15, 0.2) is 0 Å². The molecule has 1 atom stereocenters. The molecule has 0 saturated carbocycles. The van der Waals surface area contributed by atoms with Crippen LogP contribution in [0.4, 0.5) is 0 Å². The number of nitrogens with zero attached hydrogens (tertiary/aromatic N) is 2. The van der Waals surface area contributed by atoms with E-state index in [0.29, 0.717) is 5.69 Å². The molecule has 0 aliphatic carbocycles. The summed E-state index contributed by atoms with van der Waals surface area (Å²) in [6, 6.07) is 45.9. The highest BCUT2D eigenvalue weighted by molar-refractivity contribution is 5.86. The molecule has 0 amide bonds. The molecular formula is C35H30N2O. The highest BCUT2D eigenvalue weighted by Crippen LogP contribution is 2.43. The van der Waals surface area contributed by atoms with Crippen molar-refractivity contribution in [3.8, 4) is 0 Å². The average molecular weight is 495 g/mol. The van der Waals surface area contributed by atoms with Crippen molar-refractivity contribution < 1.29 is 5.11 Å². The van der Waals surface area contributed by atoms with Gasteiger partial charge in [0.2, 0.25) is 0 Å². The summed E-state index contributed by atoms with van der Waals surface area (Å²) >= 11 is 0. The van der Waals surface area contributed by atoms with Gasteiger partial charge >= 0.3 is 0 Å². The van der Waals surface area contributed by atoms with Crippen molar-refractivity contribution in [3.05, 3.63) is 173 Å². The number of aromatic nitrogens is 2. The number of hydrogen-bond acceptors (Lipinski definition) is 2. The maximum atomic E-state index is 12.2. The fourth-order valence-electron chi connectivity index (χ4n) is 5.96. The second-order valence-corrected chi connectivity index (χ2v) is 9.96. The standard InChI is InChI=1S/C35H30N2O/c1-26-33(34(2,38)32-24-14-16-27-15-12-13-23-31(27)32)36-25-37(26)35(28-17-6-3-7-18-28,29-19-8-4-9-20-29)30-21-10-5-11-22-30/h3-25,38H,1-2H3. The summed E-state index contributed by atoms with van der Waals surface area (Å²) < 4.78 is 2.22. The number of imidazole rings is 1. The minimum Gasteiger partial charge on any atom is -0.379 e. The fourth-order valence-corrected chi connectivity index (χ4v) is 5.96. The highest BCUT2D eigenvalue weighted by atomic mass is 16.3. The zero-order valence-corrected chi connectivity index (χ0v) is 21.6. The first kappa shape index (κ1) is 23.9. The van der Waals surface area contributed by atoms with Crippen LogP contribution in [-0.4, -0.2) is 14.7 Å². The van der Waals surface area contributed by atoms with E-state index >= 15 is 0 Å². The van der Waals surface area contributed by atoms with Crippen LogP contribution in [0.3, 0.4) is 0 Å². The zero-order valence-electron chi connectivity index (χ0n) is 21.6. The summed E-state index contributed by atoms with van der Waals surface area (Å²) in [6.45, 7) is 3.91. The summed E-state index contributed by atoms with van der Waals surface area (Å²) in [6.07, 6.45) is 1.89. The molecule has 1 aromatic heterocycles. The van der Waals surface area contributed by atoms with Crippen LogP contribution in [0.1, 0.15) is 40.6 Å². The lowest BCUT2D eigenvalue weighted by Gasteiger charge is -2.38. The maximum absolute atomic E-state index is 12.2. The molecule has 0 aliphatic heterocycles. The van der Waals surface area contributed by atoms with E-state index in [1.54, 1.807) is 0 Å². The van der Waals surface area contributed by atoms with Crippen molar-refractivity contribution in [2.24, 2.45) is 0 Å². The lowest BCUT2D eigenvalue weighted by atomic mass is 9.76. The number of hydrogen-bond donors (Lipinski definition) is 1. The predicted octanol–water partition coefficient (Wildman–Crippen LogP) is 7.44. The molecule has 1 heterocycles. The lowest BCUT2D eigenvalue weighted by molar-refractivity contribution is 0.0984. The summed E-state index contributed by atoms with van der Waals surface area (Å²) in [5.74, 6) is 0. The van der Waals surface area contributed by atoms with E-state index < -0.39 is 11.1 Å². The molecule has 1 unspecified atom stereocenters. The third kappa shape index (κ3) is 3.67. The molecule has 0 bridgehead atoms. The molecule has 5 aromatic carbocycles. The molecule has 0 radical (unpaired) electrons. The van der Waals surface area contributed by atoms with Gasteiger partial charge in [-0.05, 0) is 46.9 Å². The number of aliphatic hydroxyl groups is 1. The SMILES string of the molecule is Cc1c(C(C)(O)c2cccc3ccccc23)ncn1C(c1ccccc1)(c1ccccc1)c1ccccc1. The first-order valence-electron chi connectivity index (χ1n) is 13.0. The Morgan fingerprint density at radius 3 is 1.63 bits per heavy atom. The zero-order chi connectivity index (χ0) is 26.2. The fraction of sp³-hybridized carbons (Fsp3) is 0.114. The van der Waals surface area contributed by atoms with Gasteiger partial charge in [0, 0.05) is 5.69 Å². The quantitative estimate of drug-likeness (QED) is 0.244. The van der Waals surface area contributed by atoms with E-state index in [4.69, 9.17) is 4.98 Å². The second kappa shape index (κ2) is 9.44. The van der Waals surface area contributed by atoms with Gasteiger partial charge in [-0.2, -0.15) is 0 Å². The van der Waals surface area contributed by atoms with E-state index in [1.165, 1.54) is 0 Å². The van der Waals surface area contributed by atoms with E-state index in [-0.39, 0.29) is 0 Å². The van der Waals surface area contributed by atoms with Crippen LogP contribution in [0.25, 0.3) is 10.8 Å². The first-order valence-corrected chi connectivity index (χ1v) is 13.0. The van der Waals surface area contributed by atoms with Crippen LogP contribution in [0.5, 0.6) is 0 Å². The largest absolute Gasteiger partial charge is 0.379 e. The molecule has 1 N–H and O–H groups in total.